The molecule has 2 aromatic rings. The van der Waals surface area contributed by atoms with Crippen LogP contribution in [0.1, 0.15) is 35.1 Å². The quantitative estimate of drug-likeness (QED) is 0.486. The Labute approximate surface area is 199 Å². The van der Waals surface area contributed by atoms with Crippen LogP contribution in [0.4, 0.5) is 26.3 Å². The highest BCUT2D eigenvalue weighted by Crippen LogP contribution is 2.30. The number of nitrogens with one attached hydrogen (secondary N) is 2. The molecule has 0 aliphatic carbocycles. The maximum absolute atomic E-state index is 12.7. The first-order valence-electron chi connectivity index (χ1n) is 11.3. The highest BCUT2D eigenvalue weighted by molar-refractivity contribution is 5.89. The average Bonchev–Trinajstić information content (AvgIpc) is 3.29. The molecule has 2 atom stereocenters. The molecule has 1 aliphatic heterocycles. The van der Waals surface area contributed by atoms with Gasteiger partial charge in [0.1, 0.15) is 5.78 Å². The van der Waals surface area contributed by atoms with Gasteiger partial charge in [0.15, 0.2) is 0 Å². The summed E-state index contributed by atoms with van der Waals surface area (Å²) in [6, 6.07) is 9.57. The van der Waals surface area contributed by atoms with Crippen LogP contribution in [-0.4, -0.2) is 31.3 Å². The van der Waals surface area contributed by atoms with Crippen LogP contribution in [0.2, 0.25) is 0 Å². The fourth-order valence-corrected chi connectivity index (χ4v) is 4.13. The van der Waals surface area contributed by atoms with Crippen LogP contribution in [0.15, 0.2) is 48.5 Å². The minimum atomic E-state index is -4.40. The molecular formula is C25H26F6N2O2. The Hall–Kier alpha value is -2.88. The van der Waals surface area contributed by atoms with Crippen molar-refractivity contribution in [2.45, 2.75) is 38.0 Å². The SMILES string of the molecule is O=C(CCCc1ccc(C(F)(F)F)cc1)[C@@H]1CNC[C@H]1C(=O)NCCc1ccc(C(F)(F)F)cc1. The second kappa shape index (κ2) is 11.2. The number of benzene rings is 2. The fourth-order valence-electron chi connectivity index (χ4n) is 4.13. The molecule has 10 heteroatoms. The molecule has 1 heterocycles. The van der Waals surface area contributed by atoms with E-state index in [9.17, 15) is 35.9 Å². The topological polar surface area (TPSA) is 58.2 Å². The van der Waals surface area contributed by atoms with E-state index in [1.54, 1.807) is 0 Å². The van der Waals surface area contributed by atoms with Crippen LogP contribution < -0.4 is 10.6 Å². The van der Waals surface area contributed by atoms with Crippen LogP contribution in [0, 0.1) is 11.8 Å². The van der Waals surface area contributed by atoms with Crippen LogP contribution in [0.3, 0.4) is 0 Å². The summed E-state index contributed by atoms with van der Waals surface area (Å²) in [6.45, 7) is 0.951. The van der Waals surface area contributed by atoms with E-state index in [2.05, 4.69) is 10.6 Å². The third kappa shape index (κ3) is 7.55. The number of halogens is 6. The maximum atomic E-state index is 12.7. The molecule has 2 aromatic carbocycles. The van der Waals surface area contributed by atoms with Gasteiger partial charge >= 0.3 is 12.4 Å². The molecule has 35 heavy (non-hydrogen) atoms. The molecule has 190 valence electrons. The normalized spacial score (nSPS) is 18.5. The van der Waals surface area contributed by atoms with Crippen molar-refractivity contribution in [1.82, 2.24) is 10.6 Å². The van der Waals surface area contributed by atoms with Crippen LogP contribution in [-0.2, 0) is 34.8 Å². The number of carbonyl (C=O) groups is 2. The van der Waals surface area contributed by atoms with Crippen molar-refractivity contribution in [1.29, 1.82) is 0 Å². The van der Waals surface area contributed by atoms with Gasteiger partial charge < -0.3 is 10.6 Å². The Morgan fingerprint density at radius 3 is 1.77 bits per heavy atom. The third-order valence-electron chi connectivity index (χ3n) is 6.13. The lowest BCUT2D eigenvalue weighted by molar-refractivity contribution is -0.138. The first kappa shape index (κ1) is 26.7. The van der Waals surface area contributed by atoms with Crippen LogP contribution in [0.5, 0.6) is 0 Å². The van der Waals surface area contributed by atoms with Crippen molar-refractivity contribution in [2.24, 2.45) is 11.8 Å². The third-order valence-corrected chi connectivity index (χ3v) is 6.13. The molecule has 4 nitrogen and oxygen atoms in total. The number of hydrogen-bond donors (Lipinski definition) is 2. The van der Waals surface area contributed by atoms with E-state index < -0.39 is 35.3 Å². The van der Waals surface area contributed by atoms with Crippen molar-refractivity contribution in [3.8, 4) is 0 Å². The zero-order valence-corrected chi connectivity index (χ0v) is 18.8. The summed E-state index contributed by atoms with van der Waals surface area (Å²) in [5.41, 5.74) is -0.102. The minimum Gasteiger partial charge on any atom is -0.355 e. The molecule has 1 amide bonds. The van der Waals surface area contributed by atoms with Gasteiger partial charge in [0.25, 0.3) is 0 Å². The molecule has 0 radical (unpaired) electrons. The van der Waals surface area contributed by atoms with Crippen molar-refractivity contribution in [2.75, 3.05) is 19.6 Å². The first-order valence-corrected chi connectivity index (χ1v) is 11.3. The number of alkyl halides is 6. The number of Topliss-reactive ketones (excluding diaryl/α,β-unsaturated/α-hetero) is 1. The molecule has 1 saturated heterocycles. The largest absolute Gasteiger partial charge is 0.416 e. The van der Waals surface area contributed by atoms with Crippen molar-refractivity contribution >= 4 is 11.7 Å². The Morgan fingerprint density at radius 1 is 0.771 bits per heavy atom. The predicted molar refractivity (Wildman–Crippen MR) is 117 cm³/mol. The van der Waals surface area contributed by atoms with Gasteiger partial charge in [-0.2, -0.15) is 26.3 Å². The summed E-state index contributed by atoms with van der Waals surface area (Å²) in [7, 11) is 0. The molecule has 0 unspecified atom stereocenters. The number of ketones is 1. The van der Waals surface area contributed by atoms with Gasteiger partial charge in [-0.1, -0.05) is 24.3 Å². The highest BCUT2D eigenvalue weighted by atomic mass is 19.4. The van der Waals surface area contributed by atoms with Crippen LogP contribution >= 0.6 is 0 Å². The summed E-state index contributed by atoms with van der Waals surface area (Å²) in [4.78, 5) is 25.3. The summed E-state index contributed by atoms with van der Waals surface area (Å²) in [6.07, 6.45) is -7.31. The lowest BCUT2D eigenvalue weighted by Gasteiger charge is -2.17. The highest BCUT2D eigenvalue weighted by Gasteiger charge is 2.37. The molecule has 0 spiro atoms. The van der Waals surface area contributed by atoms with Gasteiger partial charge in [0, 0.05) is 32.0 Å². The number of amides is 1. The zero-order chi connectivity index (χ0) is 25.6. The number of hydrogen-bond acceptors (Lipinski definition) is 3. The lowest BCUT2D eigenvalue weighted by Crippen LogP contribution is -2.38. The smallest absolute Gasteiger partial charge is 0.355 e. The van der Waals surface area contributed by atoms with Gasteiger partial charge in [0.2, 0.25) is 5.91 Å². The second-order valence-corrected chi connectivity index (χ2v) is 8.62. The van der Waals surface area contributed by atoms with Gasteiger partial charge in [-0.15, -0.1) is 0 Å². The summed E-state index contributed by atoms with van der Waals surface area (Å²) >= 11 is 0. The fraction of sp³-hybridized carbons (Fsp3) is 0.440. The van der Waals surface area contributed by atoms with E-state index in [0.717, 1.165) is 24.3 Å². The maximum Gasteiger partial charge on any atom is 0.416 e. The monoisotopic (exact) mass is 500 g/mol. The Balaban J connectivity index is 1.43. The van der Waals surface area contributed by atoms with Gasteiger partial charge in [-0.3, -0.25) is 9.59 Å². The Bertz CT molecular complexity index is 919. The van der Waals surface area contributed by atoms with E-state index in [1.807, 2.05) is 0 Å². The van der Waals surface area contributed by atoms with Gasteiger partial charge in [-0.05, 0) is 54.7 Å². The number of carbonyl (C=O) groups excluding carboxylic acids is 2. The molecule has 3 rings (SSSR count). The predicted octanol–water partition coefficient (Wildman–Crippen LogP) is 4.81. The Kier molecular flexibility index (Phi) is 8.58. The standard InChI is InChI=1S/C25H26F6N2O2/c26-24(27,28)18-8-4-16(5-9-18)2-1-3-22(34)20-14-32-15-21(20)23(35)33-13-12-17-6-10-19(11-7-17)25(29,30)31/h4-11,20-21,32H,1-3,12-15H2,(H,33,35)/t20-,21-/m1/s1. The molecule has 1 fully saturated rings. The van der Waals surface area contributed by atoms with E-state index in [1.165, 1.54) is 24.3 Å². The van der Waals surface area contributed by atoms with Crippen molar-refractivity contribution in [3.05, 3.63) is 70.8 Å². The van der Waals surface area contributed by atoms with Gasteiger partial charge in [-0.25, -0.2) is 0 Å². The van der Waals surface area contributed by atoms with Crippen LogP contribution in [0.25, 0.3) is 0 Å². The lowest BCUT2D eigenvalue weighted by atomic mass is 9.88. The molecular weight excluding hydrogens is 474 g/mol. The van der Waals surface area contributed by atoms with E-state index >= 15 is 0 Å². The van der Waals surface area contributed by atoms with Crippen molar-refractivity contribution < 1.29 is 35.9 Å². The molecule has 1 aliphatic rings. The van der Waals surface area contributed by atoms with Gasteiger partial charge in [0.05, 0.1) is 17.0 Å². The molecule has 0 aromatic heterocycles. The van der Waals surface area contributed by atoms with Crippen molar-refractivity contribution in [3.63, 3.8) is 0 Å². The number of aryl methyl sites for hydroxylation is 1. The molecule has 2 N–H and O–H groups in total. The second-order valence-electron chi connectivity index (χ2n) is 8.62. The summed E-state index contributed by atoms with van der Waals surface area (Å²) in [5.74, 6) is -1.40. The average molecular weight is 500 g/mol. The van der Waals surface area contributed by atoms with E-state index in [4.69, 9.17) is 0 Å². The summed E-state index contributed by atoms with van der Waals surface area (Å²) in [5, 5.41) is 5.80. The molecule has 0 bridgehead atoms. The zero-order valence-electron chi connectivity index (χ0n) is 18.8. The first-order chi connectivity index (χ1) is 16.4. The van der Waals surface area contributed by atoms with E-state index in [0.29, 0.717) is 43.5 Å². The molecule has 0 saturated carbocycles. The Morgan fingerprint density at radius 2 is 1.26 bits per heavy atom. The number of rotatable bonds is 9. The minimum absolute atomic E-state index is 0.0789. The van der Waals surface area contributed by atoms with E-state index in [-0.39, 0.29) is 24.7 Å². The summed E-state index contributed by atoms with van der Waals surface area (Å²) < 4.78 is 75.9.